The molecule has 0 bridgehead atoms. The van der Waals surface area contributed by atoms with E-state index in [1.54, 1.807) is 0 Å². The highest BCUT2D eigenvalue weighted by Crippen LogP contribution is 2.54. The first-order chi connectivity index (χ1) is 71.8. The Morgan fingerprint density at radius 2 is 0.297 bits per heavy atom. The van der Waals surface area contributed by atoms with Gasteiger partial charge < -0.3 is 19.6 Å². The highest BCUT2D eigenvalue weighted by molar-refractivity contribution is 6.89. The molecule has 24 aromatic rings. The predicted octanol–water partition coefficient (Wildman–Crippen LogP) is 39.9. The number of para-hydroxylation sites is 2. The molecule has 0 saturated carbocycles. The van der Waals surface area contributed by atoms with Crippen LogP contribution in [0.15, 0.2) is 473 Å². The molecular weight excluding hydrogens is 1820 g/mol. The van der Waals surface area contributed by atoms with Gasteiger partial charge in [0.15, 0.2) is 0 Å². The average Bonchev–Trinajstić information content (AvgIpc) is 0.717. The normalized spacial score (nSPS) is 11.7. The lowest BCUT2D eigenvalue weighted by molar-refractivity contribution is 1.30. The van der Waals surface area contributed by atoms with Gasteiger partial charge in [0.05, 0.1) is 38.9 Å². The van der Waals surface area contributed by atoms with Crippen molar-refractivity contribution in [2.45, 2.75) is 94.7 Å². The Hall–Kier alpha value is -17.0. The fraction of sp³-hybridized carbons (Fsp3) is 0.0986. The minimum absolute atomic E-state index is 1.10. The van der Waals surface area contributed by atoms with Gasteiger partial charge in [0, 0.05) is 67.0 Å². The highest BCUT2D eigenvalue weighted by Gasteiger charge is 2.30. The molecule has 0 radical (unpaired) electrons. The van der Waals surface area contributed by atoms with Crippen molar-refractivity contribution in [1.29, 1.82) is 0 Å². The van der Waals surface area contributed by atoms with Gasteiger partial charge in [-0.05, 0) is 333 Å². The van der Waals surface area contributed by atoms with Crippen LogP contribution in [0.3, 0.4) is 0 Å². The van der Waals surface area contributed by atoms with Crippen molar-refractivity contribution in [3.8, 4) is 89.0 Å². The van der Waals surface area contributed by atoms with Crippen LogP contribution in [0.25, 0.3) is 154 Å². The first kappa shape index (κ1) is 94.6. The summed E-state index contributed by atoms with van der Waals surface area (Å²) >= 11 is 0. The zero-order chi connectivity index (χ0) is 101. The molecule has 6 heteroatoms. The zero-order valence-corrected chi connectivity index (χ0v) is 88.8. The van der Waals surface area contributed by atoms with Gasteiger partial charge in [0.2, 0.25) is 0 Å². The molecule has 0 N–H and O–H groups in total. The lowest BCUT2D eigenvalue weighted by Gasteiger charge is -2.31. The van der Waals surface area contributed by atoms with Crippen LogP contribution in [-0.2, 0) is 0 Å². The topological polar surface area (TPSA) is 13.0 Å². The molecular formula is C142H120N4Si2. The van der Waals surface area contributed by atoms with E-state index in [1.165, 1.54) is 209 Å². The number of aryl methyl sites for hydroxylation is 8. The minimum Gasteiger partial charge on any atom is -0.310 e. The fourth-order valence-electron chi connectivity index (χ4n) is 21.7. The maximum Gasteiger partial charge on any atom is 0.0775 e. The minimum atomic E-state index is -1.59. The van der Waals surface area contributed by atoms with E-state index in [9.17, 15) is 0 Å². The molecule has 0 aromatic heterocycles. The van der Waals surface area contributed by atoms with Crippen LogP contribution in [-0.4, -0.2) is 16.1 Å². The summed E-state index contributed by atoms with van der Waals surface area (Å²) in [5.74, 6) is 0. The van der Waals surface area contributed by atoms with Crippen LogP contribution >= 0.6 is 0 Å². The van der Waals surface area contributed by atoms with Crippen LogP contribution < -0.4 is 30.0 Å². The molecule has 4 nitrogen and oxygen atoms in total. The summed E-state index contributed by atoms with van der Waals surface area (Å²) in [5, 5.41) is 17.6. The van der Waals surface area contributed by atoms with E-state index in [1.807, 2.05) is 0 Å². The van der Waals surface area contributed by atoms with E-state index in [4.69, 9.17) is 0 Å². The van der Waals surface area contributed by atoms with Gasteiger partial charge in [-0.25, -0.2) is 0 Å². The number of anilines is 12. The number of rotatable bonds is 22. The standard InChI is InChI=1S/C74H68N2Si2.C68H52N2/c1-49-11-19-53(20-12-49)59-43-60(54-21-13-50(2)14-22-54)46-65(45-59)75(63-31-35-67(36-32-63)77(5,6)7)71-41-29-57-28-40-70-72(42-30-58-27-39-69(71)73(57)74(58)70)76(64-33-37-68(38-34-64)78(8,9)10)66-47-61(55-23-15-51(3)16-24-55)44-62(48-66)56-25-17-52(4)18-26-56;1-45-15-23-49(24-16-45)55-39-56(50-25-17-46(2)18-26-50)42-61(41-55)69(59-11-7-5-8-12-59)65-37-33-53-32-36-64-66(38-34-54-31-35-63(65)67(53)68(54)64)70(60-13-9-6-10-14-60)62-43-57(51-27-19-47(3)20-28-51)40-58(44-62)52-29-21-48(4)22-30-52/h11-48H,1-10H3;5-44H,1-4H3. The van der Waals surface area contributed by atoms with Crippen molar-refractivity contribution >= 4 is 159 Å². The Labute approximate surface area is 873 Å². The van der Waals surface area contributed by atoms with Crippen molar-refractivity contribution in [3.63, 3.8) is 0 Å². The summed E-state index contributed by atoms with van der Waals surface area (Å²) < 4.78 is 0. The Morgan fingerprint density at radius 1 is 0.135 bits per heavy atom. The lowest BCUT2D eigenvalue weighted by Crippen LogP contribution is -2.37. The number of hydrogen-bond acceptors (Lipinski definition) is 4. The van der Waals surface area contributed by atoms with Gasteiger partial charge in [0.1, 0.15) is 0 Å². The second-order valence-corrected chi connectivity index (χ2v) is 52.9. The van der Waals surface area contributed by atoms with Crippen molar-refractivity contribution in [3.05, 3.63) is 518 Å². The SMILES string of the molecule is Cc1ccc(-c2cc(-c3ccc(C)cc3)cc(N(c3ccc([Si](C)(C)C)cc3)c3ccc4ccc5c(N(c6ccc([Si](C)(C)C)cc6)c6cc(-c7ccc(C)cc7)cc(-c7ccc(C)cc7)c6)ccc6ccc3c4c65)c2)cc1.Cc1ccc(-c2cc(-c3ccc(C)cc3)cc(N(c3ccccc3)c3ccc4ccc5c(N(c6ccccc6)c6cc(-c7ccc(C)cc7)cc(-c7ccc(C)cc7)c6)ccc6ccc3c4c65)c2)cc1. The first-order valence-corrected chi connectivity index (χ1v) is 58.9. The highest BCUT2D eigenvalue weighted by atomic mass is 28.3. The van der Waals surface area contributed by atoms with Crippen molar-refractivity contribution in [1.82, 2.24) is 0 Å². The maximum atomic E-state index is 2.52. The number of nitrogens with zero attached hydrogens (tertiary/aromatic N) is 4. The summed E-state index contributed by atoms with van der Waals surface area (Å²) in [7, 11) is -3.19. The van der Waals surface area contributed by atoms with E-state index in [-0.39, 0.29) is 0 Å². The smallest absolute Gasteiger partial charge is 0.0775 e. The maximum absolute atomic E-state index is 2.52. The van der Waals surface area contributed by atoms with Gasteiger partial charge >= 0.3 is 0 Å². The van der Waals surface area contributed by atoms with E-state index in [2.05, 4.69) is 587 Å². The predicted molar refractivity (Wildman–Crippen MR) is 646 cm³/mol. The molecule has 0 spiro atoms. The third-order valence-electron chi connectivity index (χ3n) is 30.0. The van der Waals surface area contributed by atoms with Crippen LogP contribution in [0, 0.1) is 55.4 Å². The second-order valence-electron chi connectivity index (χ2n) is 42.8. The quantitative estimate of drug-likeness (QED) is 0.0495. The van der Waals surface area contributed by atoms with Gasteiger partial charge in [0.25, 0.3) is 0 Å². The molecule has 0 aliphatic rings. The Morgan fingerprint density at radius 3 is 0.466 bits per heavy atom. The molecule has 24 aromatic carbocycles. The molecule has 0 aliphatic heterocycles. The Kier molecular flexibility index (Phi) is 25.0. The fourth-order valence-corrected chi connectivity index (χ4v) is 24.0. The summed E-state index contributed by atoms with van der Waals surface area (Å²) in [6.45, 7) is 31.8. The summed E-state index contributed by atoms with van der Waals surface area (Å²) in [6.07, 6.45) is 0. The third kappa shape index (κ3) is 18.8. The average molecular weight is 1940 g/mol. The molecule has 0 heterocycles. The lowest BCUT2D eigenvalue weighted by atomic mass is 9.91. The first-order valence-electron chi connectivity index (χ1n) is 51.9. The largest absolute Gasteiger partial charge is 0.310 e. The molecule has 0 unspecified atom stereocenters. The molecule has 148 heavy (non-hydrogen) atoms. The van der Waals surface area contributed by atoms with Crippen LogP contribution in [0.2, 0.25) is 39.3 Å². The van der Waals surface area contributed by atoms with E-state index < -0.39 is 16.1 Å². The monoisotopic (exact) mass is 1940 g/mol. The second kappa shape index (κ2) is 39.2. The number of benzene rings is 24. The van der Waals surface area contributed by atoms with Crippen molar-refractivity contribution < 1.29 is 0 Å². The molecule has 0 saturated heterocycles. The Balaban J connectivity index is 0.000000164. The molecule has 716 valence electrons. The molecule has 0 aliphatic carbocycles. The van der Waals surface area contributed by atoms with E-state index >= 15 is 0 Å². The van der Waals surface area contributed by atoms with Gasteiger partial charge in [-0.1, -0.05) is 422 Å². The van der Waals surface area contributed by atoms with Gasteiger partial charge in [-0.3, -0.25) is 0 Å². The summed E-state index contributed by atoms with van der Waals surface area (Å²) in [6, 6.07) is 178. The molecule has 0 amide bonds. The van der Waals surface area contributed by atoms with Crippen LogP contribution in [0.4, 0.5) is 68.2 Å². The Bertz CT molecular complexity index is 8240. The van der Waals surface area contributed by atoms with Crippen molar-refractivity contribution in [2.75, 3.05) is 19.6 Å². The third-order valence-corrected chi connectivity index (χ3v) is 34.1. The van der Waals surface area contributed by atoms with Crippen LogP contribution in [0.1, 0.15) is 44.5 Å². The van der Waals surface area contributed by atoms with Gasteiger partial charge in [-0.15, -0.1) is 0 Å². The van der Waals surface area contributed by atoms with E-state index in [0.29, 0.717) is 0 Å². The van der Waals surface area contributed by atoms with Gasteiger partial charge in [-0.2, -0.15) is 0 Å². The molecule has 0 fully saturated rings. The van der Waals surface area contributed by atoms with Crippen LogP contribution in [0.5, 0.6) is 0 Å². The zero-order valence-electron chi connectivity index (χ0n) is 86.8. The summed E-state index contributed by atoms with van der Waals surface area (Å²) in [5.41, 5.74) is 42.4. The van der Waals surface area contributed by atoms with E-state index in [0.717, 1.165) is 68.2 Å². The number of hydrogen-bond donors (Lipinski definition) is 0. The molecule has 0 atom stereocenters. The molecule has 24 rings (SSSR count). The van der Waals surface area contributed by atoms with Crippen molar-refractivity contribution in [2.24, 2.45) is 0 Å². The summed E-state index contributed by atoms with van der Waals surface area (Å²) in [4.78, 5) is 9.96.